The van der Waals surface area contributed by atoms with Gasteiger partial charge in [-0.2, -0.15) is 13.2 Å². The van der Waals surface area contributed by atoms with Gasteiger partial charge >= 0.3 is 6.18 Å². The second-order valence-corrected chi connectivity index (χ2v) is 9.62. The summed E-state index contributed by atoms with van der Waals surface area (Å²) in [6.07, 6.45) is -1.50. The highest BCUT2D eigenvalue weighted by Crippen LogP contribution is 2.38. The number of carbonyl (C=O) groups is 1. The Kier molecular flexibility index (Phi) is 8.51. The van der Waals surface area contributed by atoms with Gasteiger partial charge in [0.25, 0.3) is 0 Å². The Bertz CT molecular complexity index is 1020. The standard InChI is InChI=1S/C26H31ClF3N3O3/c1-35-24-11-6-20(16-23(24)26(28,29)30)31-19-4-9-22(10-5-19)36-17-25(34)33-14-12-32(13-15-33)21-7-2-18(27)3-8-21/h2-3,6-8,11,16,19,22,31H,4-5,9-10,12-15,17H2,1H3. The Hall–Kier alpha value is -2.65. The van der Waals surface area contributed by atoms with Crippen molar-refractivity contribution in [2.75, 3.05) is 50.1 Å². The number of amides is 1. The van der Waals surface area contributed by atoms with Crippen LogP contribution in [0.4, 0.5) is 24.5 Å². The summed E-state index contributed by atoms with van der Waals surface area (Å²) >= 11 is 5.96. The zero-order valence-electron chi connectivity index (χ0n) is 20.2. The highest BCUT2D eigenvalue weighted by molar-refractivity contribution is 6.30. The summed E-state index contributed by atoms with van der Waals surface area (Å²) in [5.41, 5.74) is 0.720. The van der Waals surface area contributed by atoms with E-state index in [9.17, 15) is 18.0 Å². The van der Waals surface area contributed by atoms with Gasteiger partial charge in [0.1, 0.15) is 12.4 Å². The average molecular weight is 526 g/mol. The number of halogens is 4. The number of nitrogens with zero attached hydrogens (tertiary/aromatic N) is 2. The van der Waals surface area contributed by atoms with Gasteiger partial charge in [-0.05, 0) is 68.1 Å². The molecule has 0 atom stereocenters. The fourth-order valence-electron chi connectivity index (χ4n) is 4.78. The molecule has 1 aliphatic carbocycles. The topological polar surface area (TPSA) is 54.0 Å². The molecular weight excluding hydrogens is 495 g/mol. The van der Waals surface area contributed by atoms with E-state index < -0.39 is 11.7 Å². The number of ether oxygens (including phenoxy) is 2. The van der Waals surface area contributed by atoms with Crippen LogP contribution in [0.1, 0.15) is 31.2 Å². The molecule has 2 aromatic rings. The normalized spacial score (nSPS) is 20.8. The van der Waals surface area contributed by atoms with Gasteiger partial charge in [-0.3, -0.25) is 4.79 Å². The second-order valence-electron chi connectivity index (χ2n) is 9.19. The van der Waals surface area contributed by atoms with Crippen LogP contribution in [0.15, 0.2) is 42.5 Å². The lowest BCUT2D eigenvalue weighted by Gasteiger charge is -2.36. The molecule has 1 saturated heterocycles. The van der Waals surface area contributed by atoms with Crippen LogP contribution in [0.2, 0.25) is 5.02 Å². The molecule has 2 aromatic carbocycles. The Morgan fingerprint density at radius 1 is 1.03 bits per heavy atom. The molecule has 10 heteroatoms. The average Bonchev–Trinajstić information content (AvgIpc) is 2.88. The van der Waals surface area contributed by atoms with Gasteiger partial charge in [0.15, 0.2) is 0 Å². The van der Waals surface area contributed by atoms with E-state index in [1.54, 1.807) is 6.07 Å². The number of hydrogen-bond donors (Lipinski definition) is 1. The van der Waals surface area contributed by atoms with Crippen molar-refractivity contribution >= 4 is 28.9 Å². The number of carbonyl (C=O) groups excluding carboxylic acids is 1. The largest absolute Gasteiger partial charge is 0.496 e. The monoisotopic (exact) mass is 525 g/mol. The molecule has 1 saturated carbocycles. The van der Waals surface area contributed by atoms with E-state index in [1.165, 1.54) is 13.2 Å². The number of anilines is 2. The van der Waals surface area contributed by atoms with Gasteiger partial charge in [-0.25, -0.2) is 0 Å². The lowest BCUT2D eigenvalue weighted by molar-refractivity contribution is -0.139. The van der Waals surface area contributed by atoms with Crippen molar-refractivity contribution < 1.29 is 27.4 Å². The first-order valence-corrected chi connectivity index (χ1v) is 12.5. The third kappa shape index (κ3) is 6.76. The third-order valence-corrected chi connectivity index (χ3v) is 7.07. The molecule has 0 radical (unpaired) electrons. The maximum Gasteiger partial charge on any atom is 0.420 e. The predicted octanol–water partition coefficient (Wildman–Crippen LogP) is 5.46. The number of alkyl halides is 3. The van der Waals surface area contributed by atoms with E-state index in [2.05, 4.69) is 10.2 Å². The van der Waals surface area contributed by atoms with Crippen molar-refractivity contribution in [3.05, 3.63) is 53.1 Å². The second kappa shape index (κ2) is 11.6. The molecule has 1 heterocycles. The molecule has 0 spiro atoms. The third-order valence-electron chi connectivity index (χ3n) is 6.82. The number of piperazine rings is 1. The van der Waals surface area contributed by atoms with Gasteiger partial charge in [0.2, 0.25) is 5.91 Å². The summed E-state index contributed by atoms with van der Waals surface area (Å²) in [5.74, 6) is -0.204. The molecule has 0 aromatic heterocycles. The molecule has 1 N–H and O–H groups in total. The van der Waals surface area contributed by atoms with E-state index in [1.807, 2.05) is 29.2 Å². The summed E-state index contributed by atoms with van der Waals surface area (Å²) < 4.78 is 50.6. The smallest absolute Gasteiger partial charge is 0.420 e. The molecule has 4 rings (SSSR count). The minimum Gasteiger partial charge on any atom is -0.496 e. The van der Waals surface area contributed by atoms with E-state index in [-0.39, 0.29) is 30.4 Å². The van der Waals surface area contributed by atoms with Crippen LogP contribution in [0.5, 0.6) is 5.75 Å². The molecule has 2 fully saturated rings. The molecule has 2 aliphatic rings. The van der Waals surface area contributed by atoms with Gasteiger partial charge in [0.05, 0.1) is 18.8 Å². The van der Waals surface area contributed by atoms with Crippen molar-refractivity contribution in [2.24, 2.45) is 0 Å². The summed E-state index contributed by atoms with van der Waals surface area (Å²) in [6.45, 7) is 2.85. The van der Waals surface area contributed by atoms with Gasteiger partial charge in [-0.1, -0.05) is 11.6 Å². The van der Waals surface area contributed by atoms with Crippen molar-refractivity contribution in [2.45, 2.75) is 44.0 Å². The SMILES string of the molecule is COc1ccc(NC2CCC(OCC(=O)N3CCN(c4ccc(Cl)cc4)CC3)CC2)cc1C(F)(F)F. The van der Waals surface area contributed by atoms with Gasteiger partial charge < -0.3 is 24.6 Å². The predicted molar refractivity (Wildman–Crippen MR) is 134 cm³/mol. The Morgan fingerprint density at radius 2 is 1.69 bits per heavy atom. The van der Waals surface area contributed by atoms with Crippen LogP contribution in [0.3, 0.4) is 0 Å². The minimum absolute atomic E-state index is 0.0103. The van der Waals surface area contributed by atoms with E-state index in [4.69, 9.17) is 21.1 Å². The maximum absolute atomic E-state index is 13.3. The summed E-state index contributed by atoms with van der Waals surface area (Å²) in [5, 5.41) is 3.90. The number of benzene rings is 2. The first-order chi connectivity index (χ1) is 17.2. The van der Waals surface area contributed by atoms with Crippen molar-refractivity contribution in [3.8, 4) is 5.75 Å². The van der Waals surface area contributed by atoms with Crippen LogP contribution < -0.4 is 15.0 Å². The first-order valence-electron chi connectivity index (χ1n) is 12.1. The summed E-state index contributed by atoms with van der Waals surface area (Å²) in [7, 11) is 1.23. The molecule has 0 unspecified atom stereocenters. The Balaban J connectivity index is 1.18. The maximum atomic E-state index is 13.3. The molecule has 6 nitrogen and oxygen atoms in total. The number of hydrogen-bond acceptors (Lipinski definition) is 5. The molecule has 1 aliphatic heterocycles. The lowest BCUT2D eigenvalue weighted by atomic mass is 9.92. The van der Waals surface area contributed by atoms with Gasteiger partial charge in [0, 0.05) is 48.6 Å². The molecule has 196 valence electrons. The van der Waals surface area contributed by atoms with Crippen molar-refractivity contribution in [1.82, 2.24) is 4.90 Å². The molecule has 0 bridgehead atoms. The highest BCUT2D eigenvalue weighted by atomic mass is 35.5. The molecule has 1 amide bonds. The van der Waals surface area contributed by atoms with E-state index in [0.717, 1.165) is 50.5 Å². The lowest BCUT2D eigenvalue weighted by Crippen LogP contribution is -2.50. The number of rotatable bonds is 7. The van der Waals surface area contributed by atoms with Crippen LogP contribution in [-0.2, 0) is 15.7 Å². The molecular formula is C26H31ClF3N3O3. The fraction of sp³-hybridized carbons (Fsp3) is 0.500. The van der Waals surface area contributed by atoms with E-state index in [0.29, 0.717) is 23.8 Å². The summed E-state index contributed by atoms with van der Waals surface area (Å²) in [4.78, 5) is 16.7. The Labute approximate surface area is 214 Å². The number of methoxy groups -OCH3 is 1. The fourth-order valence-corrected chi connectivity index (χ4v) is 4.90. The van der Waals surface area contributed by atoms with Crippen LogP contribution in [0, 0.1) is 0 Å². The van der Waals surface area contributed by atoms with Crippen molar-refractivity contribution in [3.63, 3.8) is 0 Å². The van der Waals surface area contributed by atoms with Crippen LogP contribution in [-0.4, -0.2) is 62.8 Å². The highest BCUT2D eigenvalue weighted by Gasteiger charge is 2.35. The minimum atomic E-state index is -4.48. The van der Waals surface area contributed by atoms with Crippen LogP contribution in [0.25, 0.3) is 0 Å². The first kappa shape index (κ1) is 26.4. The Morgan fingerprint density at radius 3 is 2.31 bits per heavy atom. The summed E-state index contributed by atoms with van der Waals surface area (Å²) in [6, 6.07) is 11.8. The zero-order valence-corrected chi connectivity index (χ0v) is 20.9. The van der Waals surface area contributed by atoms with Crippen LogP contribution >= 0.6 is 11.6 Å². The van der Waals surface area contributed by atoms with Gasteiger partial charge in [-0.15, -0.1) is 0 Å². The zero-order chi connectivity index (χ0) is 25.7. The quantitative estimate of drug-likeness (QED) is 0.520. The van der Waals surface area contributed by atoms with E-state index >= 15 is 0 Å². The number of nitrogens with one attached hydrogen (secondary N) is 1. The molecule has 36 heavy (non-hydrogen) atoms. The van der Waals surface area contributed by atoms with Crippen molar-refractivity contribution in [1.29, 1.82) is 0 Å².